The van der Waals surface area contributed by atoms with Gasteiger partial charge in [0.15, 0.2) is 5.82 Å². The van der Waals surface area contributed by atoms with Crippen molar-refractivity contribution >= 4 is 29.6 Å². The van der Waals surface area contributed by atoms with E-state index in [0.717, 1.165) is 10.6 Å². The number of allylic oxidation sites excluding steroid dienone is 1. The second-order valence-electron chi connectivity index (χ2n) is 7.89. The third-order valence-electron chi connectivity index (χ3n) is 4.91. The molecule has 0 aliphatic heterocycles. The summed E-state index contributed by atoms with van der Waals surface area (Å²) < 4.78 is 0. The lowest BCUT2D eigenvalue weighted by molar-refractivity contribution is -0.141. The minimum Gasteiger partial charge on any atom is -0.289 e. The number of pyridine rings is 1. The van der Waals surface area contributed by atoms with E-state index >= 15 is 0 Å². The van der Waals surface area contributed by atoms with Gasteiger partial charge in [-0.3, -0.25) is 25.0 Å². The number of anilines is 1. The van der Waals surface area contributed by atoms with Crippen molar-refractivity contribution in [3.8, 4) is 0 Å². The Labute approximate surface area is 188 Å². The summed E-state index contributed by atoms with van der Waals surface area (Å²) in [6, 6.07) is 14.6. The van der Waals surface area contributed by atoms with Crippen LogP contribution in [0.25, 0.3) is 6.08 Å². The molecule has 3 amide bonds. The molecule has 170 valence electrons. The van der Waals surface area contributed by atoms with Crippen LogP contribution in [0, 0.1) is 17.8 Å². The molecular weight excluding hydrogens is 408 g/mol. The molecule has 2 aromatic rings. The van der Waals surface area contributed by atoms with E-state index in [-0.39, 0.29) is 18.2 Å². The van der Waals surface area contributed by atoms with Crippen LogP contribution in [0.15, 0.2) is 60.8 Å². The zero-order chi connectivity index (χ0) is 23.5. The lowest BCUT2D eigenvalue weighted by Gasteiger charge is -2.28. The zero-order valence-electron chi connectivity index (χ0n) is 18.6. The quantitative estimate of drug-likeness (QED) is 0.411. The summed E-state index contributed by atoms with van der Waals surface area (Å²) in [5, 5.41) is 10.4. The lowest BCUT2D eigenvalue weighted by Crippen LogP contribution is -2.51. The topological polar surface area (TPSA) is 112 Å². The van der Waals surface area contributed by atoms with E-state index in [9.17, 15) is 19.6 Å². The number of hydrogen-bond donors (Lipinski definition) is 3. The number of hydrogen-bond acceptors (Lipinski definition) is 5. The summed E-state index contributed by atoms with van der Waals surface area (Å²) in [6.07, 6.45) is 5.79. The molecule has 2 atom stereocenters. The molecular formula is C24H30N4O4. The standard InChI is InChI=1S/C24H30N4O4/c1-17(2)16-21(23(30)26-28(18(3)29)22-14-7-8-15-25-22)20(24(31)27-32)13-9-12-19-10-5-4-6-11-19/h4-12,14-15,17,20-21,32H,13,16H2,1-3H3,(H,26,30)(H,27,31)/t20-,21+/m0/s1. The van der Waals surface area contributed by atoms with Crippen LogP contribution in [0.3, 0.4) is 0 Å². The highest BCUT2D eigenvalue weighted by Gasteiger charge is 2.35. The Morgan fingerprint density at radius 3 is 2.28 bits per heavy atom. The third-order valence-corrected chi connectivity index (χ3v) is 4.91. The number of amides is 3. The normalized spacial score (nSPS) is 12.9. The fourth-order valence-corrected chi connectivity index (χ4v) is 3.39. The molecule has 0 unspecified atom stereocenters. The molecule has 0 aliphatic carbocycles. The predicted octanol–water partition coefficient (Wildman–Crippen LogP) is 3.35. The van der Waals surface area contributed by atoms with E-state index in [4.69, 9.17) is 0 Å². The van der Waals surface area contributed by atoms with E-state index in [2.05, 4.69) is 10.4 Å². The molecule has 8 heteroatoms. The first kappa shape index (κ1) is 24.7. The van der Waals surface area contributed by atoms with Crippen LogP contribution in [0.2, 0.25) is 0 Å². The smallest absolute Gasteiger partial charge is 0.247 e. The van der Waals surface area contributed by atoms with Crippen LogP contribution < -0.4 is 15.9 Å². The molecule has 2 rings (SSSR count). The maximum atomic E-state index is 13.2. The summed E-state index contributed by atoms with van der Waals surface area (Å²) in [6.45, 7) is 5.19. The molecule has 32 heavy (non-hydrogen) atoms. The van der Waals surface area contributed by atoms with Crippen molar-refractivity contribution in [2.75, 3.05) is 5.01 Å². The minimum atomic E-state index is -0.833. The Kier molecular flexibility index (Phi) is 9.56. The minimum absolute atomic E-state index is 0.0958. The first-order chi connectivity index (χ1) is 15.3. The van der Waals surface area contributed by atoms with Crippen LogP contribution in [0.4, 0.5) is 5.82 Å². The van der Waals surface area contributed by atoms with Gasteiger partial charge in [0.2, 0.25) is 17.7 Å². The first-order valence-corrected chi connectivity index (χ1v) is 10.5. The van der Waals surface area contributed by atoms with E-state index in [1.165, 1.54) is 13.1 Å². The SMILES string of the molecule is CC(=O)N(NC(=O)[C@H](CC(C)C)[C@H](CC=Cc1ccccc1)C(=O)NO)c1ccccn1. The van der Waals surface area contributed by atoms with Gasteiger partial charge < -0.3 is 0 Å². The van der Waals surface area contributed by atoms with E-state index in [1.807, 2.05) is 50.3 Å². The van der Waals surface area contributed by atoms with Crippen LogP contribution in [0.1, 0.15) is 39.2 Å². The second kappa shape index (κ2) is 12.4. The van der Waals surface area contributed by atoms with Gasteiger partial charge in [0.25, 0.3) is 0 Å². The number of benzene rings is 1. The van der Waals surface area contributed by atoms with Crippen molar-refractivity contribution in [1.29, 1.82) is 0 Å². The lowest BCUT2D eigenvalue weighted by atomic mass is 9.82. The van der Waals surface area contributed by atoms with Gasteiger partial charge in [0, 0.05) is 13.1 Å². The summed E-state index contributed by atoms with van der Waals surface area (Å²) in [5.74, 6) is -2.83. The van der Waals surface area contributed by atoms with Gasteiger partial charge in [-0.1, -0.05) is 62.4 Å². The Morgan fingerprint density at radius 1 is 1.03 bits per heavy atom. The number of hydroxylamine groups is 1. The van der Waals surface area contributed by atoms with Crippen LogP contribution in [-0.2, 0) is 14.4 Å². The second-order valence-corrected chi connectivity index (χ2v) is 7.89. The molecule has 1 aromatic heterocycles. The van der Waals surface area contributed by atoms with Crippen LogP contribution in [-0.4, -0.2) is 27.9 Å². The highest BCUT2D eigenvalue weighted by Crippen LogP contribution is 2.26. The fraction of sp³-hybridized carbons (Fsp3) is 0.333. The Balaban J connectivity index is 2.27. The van der Waals surface area contributed by atoms with E-state index < -0.39 is 29.6 Å². The van der Waals surface area contributed by atoms with E-state index in [0.29, 0.717) is 6.42 Å². The summed E-state index contributed by atoms with van der Waals surface area (Å²) in [7, 11) is 0. The van der Waals surface area contributed by atoms with Gasteiger partial charge in [-0.2, -0.15) is 0 Å². The van der Waals surface area contributed by atoms with Crippen LogP contribution in [0.5, 0.6) is 0 Å². The number of carbonyl (C=O) groups excluding carboxylic acids is 3. The largest absolute Gasteiger partial charge is 0.289 e. The molecule has 3 N–H and O–H groups in total. The summed E-state index contributed by atoms with van der Waals surface area (Å²) >= 11 is 0. The maximum Gasteiger partial charge on any atom is 0.247 e. The molecule has 0 bridgehead atoms. The van der Waals surface area contributed by atoms with E-state index in [1.54, 1.807) is 29.8 Å². The zero-order valence-corrected chi connectivity index (χ0v) is 18.6. The number of carbonyl (C=O) groups is 3. The van der Waals surface area contributed by atoms with Gasteiger partial charge in [0.1, 0.15) is 0 Å². The van der Waals surface area contributed by atoms with Crippen molar-refractivity contribution in [1.82, 2.24) is 15.9 Å². The summed E-state index contributed by atoms with van der Waals surface area (Å²) in [5.41, 5.74) is 5.24. The molecule has 0 fully saturated rings. The van der Waals surface area contributed by atoms with Gasteiger partial charge >= 0.3 is 0 Å². The van der Waals surface area contributed by atoms with Crippen molar-refractivity contribution < 1.29 is 19.6 Å². The highest BCUT2D eigenvalue weighted by atomic mass is 16.5. The molecule has 1 aromatic carbocycles. The number of aromatic nitrogens is 1. The average Bonchev–Trinajstić information content (AvgIpc) is 2.79. The molecule has 0 saturated heterocycles. The summed E-state index contributed by atoms with van der Waals surface area (Å²) in [4.78, 5) is 42.0. The van der Waals surface area contributed by atoms with Crippen molar-refractivity contribution in [3.63, 3.8) is 0 Å². The Hall–Kier alpha value is -3.52. The van der Waals surface area contributed by atoms with Crippen molar-refractivity contribution in [3.05, 3.63) is 66.4 Å². The first-order valence-electron chi connectivity index (χ1n) is 10.5. The van der Waals surface area contributed by atoms with Gasteiger partial charge in [0.05, 0.1) is 11.8 Å². The predicted molar refractivity (Wildman–Crippen MR) is 122 cm³/mol. The fourth-order valence-electron chi connectivity index (χ4n) is 3.39. The van der Waals surface area contributed by atoms with Gasteiger partial charge in [-0.15, -0.1) is 0 Å². The third kappa shape index (κ3) is 7.31. The van der Waals surface area contributed by atoms with Gasteiger partial charge in [-0.05, 0) is 36.5 Å². The van der Waals surface area contributed by atoms with Crippen LogP contribution >= 0.6 is 0 Å². The average molecular weight is 439 g/mol. The maximum absolute atomic E-state index is 13.2. The van der Waals surface area contributed by atoms with Crippen molar-refractivity contribution in [2.45, 2.75) is 33.6 Å². The number of nitrogens with one attached hydrogen (secondary N) is 2. The molecule has 0 aliphatic rings. The molecule has 0 spiro atoms. The molecule has 0 saturated carbocycles. The Bertz CT molecular complexity index is 916. The molecule has 0 radical (unpaired) electrons. The highest BCUT2D eigenvalue weighted by molar-refractivity contribution is 5.95. The Morgan fingerprint density at radius 2 is 1.72 bits per heavy atom. The van der Waals surface area contributed by atoms with Crippen molar-refractivity contribution in [2.24, 2.45) is 17.8 Å². The number of hydrazine groups is 1. The number of nitrogens with zero attached hydrogens (tertiary/aromatic N) is 2. The molecule has 1 heterocycles. The monoisotopic (exact) mass is 438 g/mol. The molecule has 8 nitrogen and oxygen atoms in total. The van der Waals surface area contributed by atoms with Gasteiger partial charge in [-0.25, -0.2) is 15.5 Å². The number of rotatable bonds is 9.